The minimum absolute atomic E-state index is 0. The van der Waals surface area contributed by atoms with Gasteiger partial charge in [-0.15, -0.1) is 0 Å². The number of aliphatic hydroxyl groups excluding tert-OH is 2. The SMILES string of the molecule is CCCCNCC1CCC2C(CC3C4CCC5C(C)(C)[C@@H](O)CCC56C[C@@]46CCC23C)O1.CO.[HH]. The minimum atomic E-state index is -0.0909. The molecule has 4 heteroatoms. The molecule has 0 amide bonds. The molecular formula is C30H55NO3. The fourth-order valence-electron chi connectivity index (χ4n) is 11.0. The Morgan fingerprint density at radius 2 is 1.68 bits per heavy atom. The van der Waals surface area contributed by atoms with Gasteiger partial charge in [-0.2, -0.15) is 0 Å². The summed E-state index contributed by atoms with van der Waals surface area (Å²) in [4.78, 5) is 0. The van der Waals surface area contributed by atoms with Crippen LogP contribution in [0.15, 0.2) is 0 Å². The fourth-order valence-corrected chi connectivity index (χ4v) is 11.0. The molecule has 1 aliphatic heterocycles. The molecule has 0 aromatic carbocycles. The summed E-state index contributed by atoms with van der Waals surface area (Å²) in [6.07, 6.45) is 16.9. The van der Waals surface area contributed by atoms with Crippen LogP contribution in [0, 0.1) is 45.3 Å². The fraction of sp³-hybridized carbons (Fsp3) is 1.00. The molecule has 4 nitrogen and oxygen atoms in total. The van der Waals surface area contributed by atoms with E-state index < -0.39 is 0 Å². The number of unbranched alkanes of at least 4 members (excludes halogenated alkanes) is 1. The van der Waals surface area contributed by atoms with Crippen LogP contribution in [0.4, 0.5) is 0 Å². The van der Waals surface area contributed by atoms with E-state index in [1.807, 2.05) is 0 Å². The van der Waals surface area contributed by atoms with E-state index in [-0.39, 0.29) is 12.9 Å². The van der Waals surface area contributed by atoms with E-state index in [0.29, 0.717) is 28.5 Å². The van der Waals surface area contributed by atoms with Crippen molar-refractivity contribution in [2.45, 2.75) is 123 Å². The Morgan fingerprint density at radius 1 is 0.912 bits per heavy atom. The molecule has 198 valence electrons. The smallest absolute Gasteiger partial charge is 0.0703 e. The highest BCUT2D eigenvalue weighted by molar-refractivity contribution is 5.29. The van der Waals surface area contributed by atoms with Crippen LogP contribution in [0.2, 0.25) is 0 Å². The third kappa shape index (κ3) is 3.44. The van der Waals surface area contributed by atoms with Gasteiger partial charge >= 0.3 is 0 Å². The van der Waals surface area contributed by atoms with E-state index in [1.54, 1.807) is 0 Å². The first-order valence-corrected chi connectivity index (χ1v) is 14.8. The van der Waals surface area contributed by atoms with Crippen LogP contribution in [0.1, 0.15) is 106 Å². The van der Waals surface area contributed by atoms with E-state index in [4.69, 9.17) is 9.84 Å². The van der Waals surface area contributed by atoms with Gasteiger partial charge in [-0.05, 0) is 123 Å². The second kappa shape index (κ2) is 8.99. The predicted octanol–water partition coefficient (Wildman–Crippen LogP) is 5.80. The third-order valence-electron chi connectivity index (χ3n) is 12.7. The highest BCUT2D eigenvalue weighted by atomic mass is 16.5. The number of nitrogens with one attached hydrogen (secondary N) is 1. The van der Waals surface area contributed by atoms with Crippen molar-refractivity contribution in [1.29, 1.82) is 0 Å². The molecule has 5 aliphatic carbocycles. The lowest BCUT2D eigenvalue weighted by Crippen LogP contribution is -2.54. The molecule has 2 spiro atoms. The Bertz CT molecular complexity index is 747. The zero-order valence-electron chi connectivity index (χ0n) is 22.7. The van der Waals surface area contributed by atoms with E-state index >= 15 is 0 Å². The first-order chi connectivity index (χ1) is 16.3. The molecule has 0 bridgehead atoms. The van der Waals surface area contributed by atoms with Gasteiger partial charge in [-0.3, -0.25) is 0 Å². The van der Waals surface area contributed by atoms with Crippen LogP contribution in [0.25, 0.3) is 0 Å². The average Bonchev–Trinajstić information content (AvgIpc) is 3.41. The third-order valence-corrected chi connectivity index (χ3v) is 12.7. The predicted molar refractivity (Wildman–Crippen MR) is 140 cm³/mol. The van der Waals surface area contributed by atoms with Crippen LogP contribution >= 0.6 is 0 Å². The van der Waals surface area contributed by atoms with Gasteiger partial charge in [0.25, 0.3) is 0 Å². The molecule has 0 radical (unpaired) electrons. The second-order valence-electron chi connectivity index (χ2n) is 14.0. The van der Waals surface area contributed by atoms with Crippen LogP contribution in [-0.2, 0) is 4.74 Å². The average molecular weight is 478 g/mol. The molecule has 5 saturated carbocycles. The highest BCUT2D eigenvalue weighted by Gasteiger charge is 2.80. The first-order valence-electron chi connectivity index (χ1n) is 14.8. The lowest BCUT2D eigenvalue weighted by atomic mass is 9.46. The van der Waals surface area contributed by atoms with E-state index in [9.17, 15) is 5.11 Å². The Labute approximate surface area is 210 Å². The van der Waals surface area contributed by atoms with Crippen molar-refractivity contribution >= 4 is 0 Å². The standard InChI is InChI=1S/C29H49NO2.CH4O.H2/c1-5-6-15-30-17-19-7-8-21-23(32-19)16-22-20-9-10-24-26(2,3)25(31)11-12-29(24)18-28(20,29)14-13-27(21,22)4;1-2;/h19-25,30-31H,5-18H2,1-4H3;2H,1H3;1H/t19?,20?,21?,22?,23?,24?,25-,27?,28-,29?;;/m0../s1. The summed E-state index contributed by atoms with van der Waals surface area (Å²) in [7, 11) is 1.00. The molecule has 10 atom stereocenters. The maximum absolute atomic E-state index is 10.8. The molecule has 0 aromatic rings. The quantitative estimate of drug-likeness (QED) is 0.438. The van der Waals surface area contributed by atoms with Gasteiger partial charge in [0.15, 0.2) is 0 Å². The normalized spacial score (nSPS) is 52.1. The number of fused-ring (bicyclic) bond motifs is 4. The molecule has 1 saturated heterocycles. The van der Waals surface area contributed by atoms with E-state index in [1.165, 1.54) is 70.6 Å². The van der Waals surface area contributed by atoms with Gasteiger partial charge in [0.2, 0.25) is 0 Å². The van der Waals surface area contributed by atoms with Gasteiger partial charge in [0.1, 0.15) is 0 Å². The summed E-state index contributed by atoms with van der Waals surface area (Å²) < 4.78 is 6.83. The largest absolute Gasteiger partial charge is 0.400 e. The minimum Gasteiger partial charge on any atom is -0.400 e. The number of aliphatic hydroxyl groups is 2. The lowest BCUT2D eigenvalue weighted by molar-refractivity contribution is -0.135. The van der Waals surface area contributed by atoms with E-state index in [0.717, 1.165) is 50.3 Å². The Balaban J connectivity index is 0.000000940. The van der Waals surface area contributed by atoms with Crippen molar-refractivity contribution in [2.75, 3.05) is 20.2 Å². The van der Waals surface area contributed by atoms with Crippen LogP contribution < -0.4 is 5.32 Å². The summed E-state index contributed by atoms with van der Waals surface area (Å²) >= 11 is 0. The number of rotatable bonds is 5. The van der Waals surface area contributed by atoms with Gasteiger partial charge in [0, 0.05) is 15.1 Å². The summed E-state index contributed by atoms with van der Waals surface area (Å²) in [5.41, 5.74) is 1.81. The van der Waals surface area contributed by atoms with Crippen molar-refractivity contribution in [3.63, 3.8) is 0 Å². The summed E-state index contributed by atoms with van der Waals surface area (Å²) in [6.45, 7) is 11.9. The number of ether oxygens (including phenoxy) is 1. The second-order valence-corrected chi connectivity index (χ2v) is 14.0. The van der Waals surface area contributed by atoms with Crippen molar-refractivity contribution < 1.29 is 16.4 Å². The number of hydrogen-bond donors (Lipinski definition) is 3. The maximum atomic E-state index is 10.8. The summed E-state index contributed by atoms with van der Waals surface area (Å²) in [5.74, 6) is 3.36. The van der Waals surface area contributed by atoms with Gasteiger partial charge in [-0.1, -0.05) is 34.1 Å². The molecule has 8 unspecified atom stereocenters. The Hall–Kier alpha value is -0.160. The van der Waals surface area contributed by atoms with Crippen molar-refractivity contribution in [1.82, 2.24) is 5.32 Å². The van der Waals surface area contributed by atoms with Crippen LogP contribution in [0.5, 0.6) is 0 Å². The lowest BCUT2D eigenvalue weighted by Gasteiger charge is -2.59. The molecular weight excluding hydrogens is 422 g/mol. The van der Waals surface area contributed by atoms with E-state index in [2.05, 4.69) is 33.0 Å². The monoisotopic (exact) mass is 477 g/mol. The molecule has 6 rings (SSSR count). The number of hydrogen-bond acceptors (Lipinski definition) is 4. The molecule has 3 N–H and O–H groups in total. The van der Waals surface area contributed by atoms with Gasteiger partial charge in [0.05, 0.1) is 18.3 Å². The zero-order valence-corrected chi connectivity index (χ0v) is 22.7. The first kappa shape index (κ1) is 25.5. The molecule has 0 aromatic heterocycles. The molecule has 6 fully saturated rings. The Kier molecular flexibility index (Phi) is 6.74. The highest BCUT2D eigenvalue weighted by Crippen LogP contribution is 2.87. The zero-order chi connectivity index (χ0) is 24.4. The molecule has 1 heterocycles. The molecule has 6 aliphatic rings. The van der Waals surface area contributed by atoms with Crippen molar-refractivity contribution in [2.24, 2.45) is 45.3 Å². The van der Waals surface area contributed by atoms with Crippen molar-refractivity contribution in [3.05, 3.63) is 0 Å². The topological polar surface area (TPSA) is 61.7 Å². The van der Waals surface area contributed by atoms with Crippen LogP contribution in [-0.4, -0.2) is 48.7 Å². The van der Waals surface area contributed by atoms with Crippen molar-refractivity contribution in [3.8, 4) is 0 Å². The summed E-state index contributed by atoms with van der Waals surface area (Å²) in [6, 6.07) is 0. The van der Waals surface area contributed by atoms with Crippen LogP contribution in [0.3, 0.4) is 0 Å². The maximum Gasteiger partial charge on any atom is 0.0703 e. The van der Waals surface area contributed by atoms with Gasteiger partial charge in [-0.25, -0.2) is 0 Å². The Morgan fingerprint density at radius 3 is 2.44 bits per heavy atom. The van der Waals surface area contributed by atoms with Gasteiger partial charge < -0.3 is 20.3 Å². The summed E-state index contributed by atoms with van der Waals surface area (Å²) in [5, 5.41) is 21.5. The molecule has 34 heavy (non-hydrogen) atoms.